The molecule has 0 spiro atoms. The number of nitrogens with two attached hydrogens (primary N) is 1. The molecule has 4 nitrogen and oxygen atoms in total. The highest BCUT2D eigenvalue weighted by Crippen LogP contribution is 2.39. The zero-order valence-electron chi connectivity index (χ0n) is 20.8. The number of para-hydroxylation sites is 1. The number of halogens is 2. The summed E-state index contributed by atoms with van der Waals surface area (Å²) in [5.74, 6) is 0.301. The number of primary amides is 1. The largest absolute Gasteiger partial charge is 0.489 e. The first-order chi connectivity index (χ1) is 19.0. The minimum atomic E-state index is -0.488. The smallest absolute Gasteiger partial charge is 0.249 e. The fourth-order valence-electron chi connectivity index (χ4n) is 5.03. The number of amides is 1. The summed E-state index contributed by atoms with van der Waals surface area (Å²) < 4.78 is 8.41. The van der Waals surface area contributed by atoms with Gasteiger partial charge in [-0.3, -0.25) is 4.79 Å². The Kier molecular flexibility index (Phi) is 6.74. The Bertz CT molecular complexity index is 1820. The summed E-state index contributed by atoms with van der Waals surface area (Å²) in [5.41, 5.74) is 11.6. The van der Waals surface area contributed by atoms with Crippen molar-refractivity contribution >= 4 is 50.9 Å². The van der Waals surface area contributed by atoms with Crippen LogP contribution in [0.2, 0.25) is 10.0 Å². The first-order valence-corrected chi connectivity index (χ1v) is 13.2. The second kappa shape index (κ2) is 10.5. The molecule has 6 heteroatoms. The van der Waals surface area contributed by atoms with E-state index in [0.717, 1.165) is 49.8 Å². The van der Waals surface area contributed by atoms with E-state index in [4.69, 9.17) is 33.7 Å². The third-order valence-corrected chi connectivity index (χ3v) is 7.48. The van der Waals surface area contributed by atoms with Crippen molar-refractivity contribution in [2.45, 2.75) is 13.2 Å². The van der Waals surface area contributed by atoms with Crippen LogP contribution >= 0.6 is 23.2 Å². The van der Waals surface area contributed by atoms with Crippen LogP contribution < -0.4 is 10.5 Å². The topological polar surface area (TPSA) is 57.2 Å². The second-order valence-corrected chi connectivity index (χ2v) is 10.1. The van der Waals surface area contributed by atoms with Crippen LogP contribution in [0.4, 0.5) is 0 Å². The van der Waals surface area contributed by atoms with Gasteiger partial charge in [0.25, 0.3) is 0 Å². The van der Waals surface area contributed by atoms with Gasteiger partial charge < -0.3 is 15.0 Å². The molecule has 0 aliphatic carbocycles. The first-order valence-electron chi connectivity index (χ1n) is 12.5. The fourth-order valence-corrected chi connectivity index (χ4v) is 5.65. The number of carbonyl (C=O) groups excluding carboxylic acids is 1. The lowest BCUT2D eigenvalue weighted by atomic mass is 10.0. The van der Waals surface area contributed by atoms with E-state index in [-0.39, 0.29) is 0 Å². The number of ether oxygens (including phenoxy) is 1. The molecule has 1 heterocycles. The third-order valence-electron chi connectivity index (χ3n) is 6.85. The van der Waals surface area contributed by atoms with E-state index in [1.54, 1.807) is 6.07 Å². The summed E-state index contributed by atoms with van der Waals surface area (Å²) >= 11 is 13.1. The van der Waals surface area contributed by atoms with E-state index >= 15 is 0 Å². The van der Waals surface area contributed by atoms with Crippen molar-refractivity contribution in [2.75, 3.05) is 0 Å². The number of fused-ring (bicyclic) bond motifs is 3. The van der Waals surface area contributed by atoms with Crippen molar-refractivity contribution in [2.24, 2.45) is 5.73 Å². The molecule has 0 atom stereocenters. The van der Waals surface area contributed by atoms with E-state index in [0.29, 0.717) is 28.8 Å². The molecule has 2 N–H and O–H groups in total. The van der Waals surface area contributed by atoms with Crippen LogP contribution in [0.25, 0.3) is 32.9 Å². The van der Waals surface area contributed by atoms with Crippen molar-refractivity contribution in [3.63, 3.8) is 0 Å². The monoisotopic (exact) mass is 549 g/mol. The number of carbonyl (C=O) groups is 1. The first kappa shape index (κ1) is 25.1. The van der Waals surface area contributed by atoms with Crippen molar-refractivity contribution in [3.8, 4) is 16.9 Å². The van der Waals surface area contributed by atoms with Crippen LogP contribution in [-0.2, 0) is 13.2 Å². The maximum Gasteiger partial charge on any atom is 0.249 e. The van der Waals surface area contributed by atoms with E-state index in [2.05, 4.69) is 16.7 Å². The zero-order valence-corrected chi connectivity index (χ0v) is 22.3. The lowest BCUT2D eigenvalue weighted by Crippen LogP contribution is -2.11. The van der Waals surface area contributed by atoms with E-state index < -0.39 is 5.91 Å². The van der Waals surface area contributed by atoms with Gasteiger partial charge in [0.1, 0.15) is 12.4 Å². The Morgan fingerprint density at radius 3 is 2.33 bits per heavy atom. The molecular weight excluding hydrogens is 527 g/mol. The maximum atomic E-state index is 12.4. The molecule has 0 unspecified atom stereocenters. The lowest BCUT2D eigenvalue weighted by molar-refractivity contribution is 0.100. The van der Waals surface area contributed by atoms with Crippen LogP contribution in [-0.4, -0.2) is 10.5 Å². The number of benzene rings is 5. The van der Waals surface area contributed by atoms with Crippen LogP contribution in [0.1, 0.15) is 21.5 Å². The fraction of sp³-hybridized carbons (Fsp3) is 0.0606. The molecule has 191 valence electrons. The molecule has 0 aliphatic rings. The van der Waals surface area contributed by atoms with Crippen molar-refractivity contribution in [1.29, 1.82) is 0 Å². The Labute approximate surface area is 236 Å². The van der Waals surface area contributed by atoms with E-state index in [1.165, 1.54) is 0 Å². The third kappa shape index (κ3) is 4.74. The Morgan fingerprint density at radius 1 is 0.846 bits per heavy atom. The van der Waals surface area contributed by atoms with Crippen molar-refractivity contribution in [3.05, 3.63) is 136 Å². The minimum absolute atomic E-state index is 0.449. The number of rotatable bonds is 7. The second-order valence-electron chi connectivity index (χ2n) is 9.28. The van der Waals surface area contributed by atoms with E-state index in [1.807, 2.05) is 91.0 Å². The van der Waals surface area contributed by atoms with Gasteiger partial charge in [-0.15, -0.1) is 0 Å². The van der Waals surface area contributed by atoms with Gasteiger partial charge in [0, 0.05) is 37.5 Å². The normalized spacial score (nSPS) is 11.2. The number of hydrogen-bond donors (Lipinski definition) is 1. The van der Waals surface area contributed by atoms with Gasteiger partial charge in [0.05, 0.1) is 17.6 Å². The van der Waals surface area contributed by atoms with Gasteiger partial charge in [-0.25, -0.2) is 0 Å². The Morgan fingerprint density at radius 2 is 1.56 bits per heavy atom. The Balaban J connectivity index is 1.52. The average Bonchev–Trinajstić information content (AvgIpc) is 3.26. The quantitative estimate of drug-likeness (QED) is 0.217. The van der Waals surface area contributed by atoms with Gasteiger partial charge in [-0.2, -0.15) is 0 Å². The molecule has 0 aliphatic heterocycles. The van der Waals surface area contributed by atoms with Gasteiger partial charge >= 0.3 is 0 Å². The molecule has 1 radical (unpaired) electrons. The predicted molar refractivity (Wildman–Crippen MR) is 159 cm³/mol. The van der Waals surface area contributed by atoms with Gasteiger partial charge in [-0.05, 0) is 59.7 Å². The highest BCUT2D eigenvalue weighted by atomic mass is 35.5. The Hall–Kier alpha value is -4.25. The molecule has 0 bridgehead atoms. The van der Waals surface area contributed by atoms with E-state index in [9.17, 15) is 4.79 Å². The average molecular weight is 550 g/mol. The molecule has 0 saturated carbocycles. The van der Waals surface area contributed by atoms with Crippen molar-refractivity contribution < 1.29 is 9.53 Å². The summed E-state index contributed by atoms with van der Waals surface area (Å²) in [6.45, 7) is 0.959. The molecule has 5 aromatic carbocycles. The van der Waals surface area contributed by atoms with Gasteiger partial charge in [0.2, 0.25) is 5.91 Å². The SMILES string of the molecule is NC(=O)c1cccc2c1c1[c]cc(-c3c(Cl)cccc3Cl)cc1n2Cc1ccccc1OCc1ccccc1. The van der Waals surface area contributed by atoms with Crippen LogP contribution in [0, 0.1) is 6.07 Å². The summed E-state index contributed by atoms with van der Waals surface area (Å²) in [4.78, 5) is 12.4. The molecule has 6 aromatic rings. The van der Waals surface area contributed by atoms with Crippen molar-refractivity contribution in [1.82, 2.24) is 4.57 Å². The molecule has 0 fully saturated rings. The molecule has 1 amide bonds. The zero-order chi connectivity index (χ0) is 26.9. The minimum Gasteiger partial charge on any atom is -0.489 e. The molecule has 39 heavy (non-hydrogen) atoms. The standard InChI is InChI=1S/C33H23Cl2N2O2/c34-26-12-7-13-27(35)31(26)22-16-17-24-29(18-22)37(28-14-6-11-25(32(24)28)33(36)38)19-23-10-4-5-15-30(23)39-20-21-8-2-1-3-9-21/h1-16,18H,19-20H2,(H2,36,38). The molecule has 0 saturated heterocycles. The maximum absolute atomic E-state index is 12.4. The van der Waals surface area contributed by atoms with Gasteiger partial charge in [-0.1, -0.05) is 83.9 Å². The summed E-state index contributed by atoms with van der Waals surface area (Å²) in [5, 5.41) is 2.67. The number of nitrogens with zero attached hydrogens (tertiary/aromatic N) is 1. The number of hydrogen-bond acceptors (Lipinski definition) is 2. The van der Waals surface area contributed by atoms with Crippen LogP contribution in [0.5, 0.6) is 5.75 Å². The summed E-state index contributed by atoms with van der Waals surface area (Å²) in [7, 11) is 0. The predicted octanol–water partition coefficient (Wildman–Crippen LogP) is 8.29. The highest BCUT2D eigenvalue weighted by Gasteiger charge is 2.19. The summed E-state index contributed by atoms with van der Waals surface area (Å²) in [6, 6.07) is 36.4. The molecule has 1 aromatic heterocycles. The van der Waals surface area contributed by atoms with Crippen LogP contribution in [0.15, 0.2) is 103 Å². The van der Waals surface area contributed by atoms with Crippen LogP contribution in [0.3, 0.4) is 0 Å². The lowest BCUT2D eigenvalue weighted by Gasteiger charge is -2.14. The number of aromatic nitrogens is 1. The van der Waals surface area contributed by atoms with Gasteiger partial charge in [0.15, 0.2) is 0 Å². The molecule has 6 rings (SSSR count). The molecular formula is C33H23Cl2N2O2. The highest BCUT2D eigenvalue weighted by molar-refractivity contribution is 6.39. The summed E-state index contributed by atoms with van der Waals surface area (Å²) in [6.07, 6.45) is 0.